The van der Waals surface area contributed by atoms with Gasteiger partial charge in [-0.05, 0) is 12.8 Å². The molecule has 1 rings (SSSR count). The molecule has 4 N–H and O–H groups in total. The van der Waals surface area contributed by atoms with Gasteiger partial charge in [-0.25, -0.2) is 9.59 Å². The van der Waals surface area contributed by atoms with Crippen LogP contribution in [0, 0.1) is 0 Å². The number of hydrogen-bond acceptors (Lipinski definition) is 3. The fourth-order valence-corrected chi connectivity index (χ4v) is 1.25. The quantitative estimate of drug-likeness (QED) is 0.544. The third-order valence-corrected chi connectivity index (χ3v) is 1.89. The van der Waals surface area contributed by atoms with Crippen LogP contribution in [0.5, 0.6) is 0 Å². The number of aliphatic carboxylic acids is 1. The van der Waals surface area contributed by atoms with E-state index in [1.807, 2.05) is 0 Å². The Bertz CT molecular complexity index is 219. The van der Waals surface area contributed by atoms with Gasteiger partial charge in [0.15, 0.2) is 6.10 Å². The van der Waals surface area contributed by atoms with Crippen molar-refractivity contribution in [3.8, 4) is 0 Å². The molecule has 2 atom stereocenters. The van der Waals surface area contributed by atoms with Crippen molar-refractivity contribution in [2.24, 2.45) is 5.73 Å². The maximum atomic E-state index is 10.4. The molecule has 0 spiro atoms. The largest absolute Gasteiger partial charge is 0.479 e. The summed E-state index contributed by atoms with van der Waals surface area (Å²) >= 11 is 0. The van der Waals surface area contributed by atoms with E-state index in [0.29, 0.717) is 12.8 Å². The lowest BCUT2D eigenvalue weighted by Gasteiger charge is -2.10. The standard InChI is InChI=1S/C7H12N2O4/c8-7(12)9-3-4-1-2-5(13-4)6(10)11/h4-5H,1-3H2,(H,10,11)(H3,8,9,12)/t4-,5+/m1/s1. The number of carboxylic acid groups (broad SMARTS) is 1. The van der Waals surface area contributed by atoms with Crippen LogP contribution < -0.4 is 11.1 Å². The van der Waals surface area contributed by atoms with Crippen LogP contribution in [0.3, 0.4) is 0 Å². The molecule has 1 saturated heterocycles. The van der Waals surface area contributed by atoms with Gasteiger partial charge in [-0.3, -0.25) is 0 Å². The summed E-state index contributed by atoms with van der Waals surface area (Å²) in [7, 11) is 0. The highest BCUT2D eigenvalue weighted by atomic mass is 16.5. The molecule has 0 radical (unpaired) electrons. The molecule has 0 unspecified atom stereocenters. The van der Waals surface area contributed by atoms with Gasteiger partial charge in [-0.2, -0.15) is 0 Å². The van der Waals surface area contributed by atoms with Gasteiger partial charge in [0.2, 0.25) is 0 Å². The Hall–Kier alpha value is -1.30. The molecule has 0 aromatic carbocycles. The molecule has 0 aliphatic carbocycles. The molecule has 2 amide bonds. The highest BCUT2D eigenvalue weighted by Crippen LogP contribution is 2.18. The summed E-state index contributed by atoms with van der Waals surface area (Å²) in [6.45, 7) is 0.277. The number of carbonyl (C=O) groups is 2. The number of primary amides is 1. The lowest BCUT2D eigenvalue weighted by Crippen LogP contribution is -2.36. The molecule has 1 aliphatic heterocycles. The van der Waals surface area contributed by atoms with Crippen LogP contribution in [0.15, 0.2) is 0 Å². The summed E-state index contributed by atoms with van der Waals surface area (Å²) in [6.07, 6.45) is 0.158. The minimum Gasteiger partial charge on any atom is -0.479 e. The predicted molar refractivity (Wildman–Crippen MR) is 43.1 cm³/mol. The summed E-state index contributed by atoms with van der Waals surface area (Å²) in [4.78, 5) is 20.8. The highest BCUT2D eigenvalue weighted by molar-refractivity contribution is 5.73. The molecule has 0 bridgehead atoms. The zero-order valence-corrected chi connectivity index (χ0v) is 7.03. The molecule has 0 saturated carbocycles. The Kier molecular flexibility index (Phi) is 3.07. The summed E-state index contributed by atoms with van der Waals surface area (Å²) in [6, 6.07) is -0.623. The molecule has 1 heterocycles. The van der Waals surface area contributed by atoms with Gasteiger partial charge in [0.25, 0.3) is 0 Å². The molecule has 13 heavy (non-hydrogen) atoms. The molecule has 74 valence electrons. The topological polar surface area (TPSA) is 102 Å². The number of amides is 2. The van der Waals surface area contributed by atoms with E-state index in [4.69, 9.17) is 15.6 Å². The van der Waals surface area contributed by atoms with Crippen molar-refractivity contribution in [1.82, 2.24) is 5.32 Å². The lowest BCUT2D eigenvalue weighted by atomic mass is 10.2. The van der Waals surface area contributed by atoms with E-state index in [1.54, 1.807) is 0 Å². The maximum Gasteiger partial charge on any atom is 0.332 e. The number of hydrogen-bond donors (Lipinski definition) is 3. The maximum absolute atomic E-state index is 10.4. The van der Waals surface area contributed by atoms with E-state index in [0.717, 1.165) is 0 Å². The van der Waals surface area contributed by atoms with Crippen LogP contribution in [-0.4, -0.2) is 35.9 Å². The summed E-state index contributed by atoms with van der Waals surface area (Å²) in [5, 5.41) is 10.9. The van der Waals surface area contributed by atoms with Crippen molar-refractivity contribution in [3.05, 3.63) is 0 Å². The van der Waals surface area contributed by atoms with Gasteiger partial charge in [0.1, 0.15) is 0 Å². The first-order chi connectivity index (χ1) is 6.09. The van der Waals surface area contributed by atoms with E-state index in [-0.39, 0.29) is 12.6 Å². The average molecular weight is 188 g/mol. The second-order valence-electron chi connectivity index (χ2n) is 2.91. The van der Waals surface area contributed by atoms with E-state index in [1.165, 1.54) is 0 Å². The molecule has 0 aromatic heterocycles. The zero-order chi connectivity index (χ0) is 9.84. The monoisotopic (exact) mass is 188 g/mol. The number of ether oxygens (including phenoxy) is 1. The first kappa shape index (κ1) is 9.79. The van der Waals surface area contributed by atoms with Gasteiger partial charge < -0.3 is 20.9 Å². The van der Waals surface area contributed by atoms with Gasteiger partial charge in [-0.1, -0.05) is 0 Å². The van der Waals surface area contributed by atoms with Crippen molar-refractivity contribution in [1.29, 1.82) is 0 Å². The van der Waals surface area contributed by atoms with Crippen LogP contribution >= 0.6 is 0 Å². The fourth-order valence-electron chi connectivity index (χ4n) is 1.25. The highest BCUT2D eigenvalue weighted by Gasteiger charge is 2.30. The molecule has 1 aliphatic rings. The Morgan fingerprint density at radius 2 is 2.23 bits per heavy atom. The van der Waals surface area contributed by atoms with Crippen molar-refractivity contribution in [3.63, 3.8) is 0 Å². The van der Waals surface area contributed by atoms with Gasteiger partial charge >= 0.3 is 12.0 Å². The zero-order valence-electron chi connectivity index (χ0n) is 7.03. The SMILES string of the molecule is NC(=O)NC[C@H]1CC[C@@H](C(=O)O)O1. The Morgan fingerprint density at radius 3 is 2.69 bits per heavy atom. The lowest BCUT2D eigenvalue weighted by molar-refractivity contribution is -0.149. The van der Waals surface area contributed by atoms with Gasteiger partial charge in [-0.15, -0.1) is 0 Å². The third kappa shape index (κ3) is 2.90. The Balaban J connectivity index is 2.25. The predicted octanol–water partition coefficient (Wildman–Crippen LogP) is -0.713. The van der Waals surface area contributed by atoms with E-state index in [9.17, 15) is 9.59 Å². The second kappa shape index (κ2) is 4.08. The van der Waals surface area contributed by atoms with Crippen molar-refractivity contribution >= 4 is 12.0 Å². The molecular weight excluding hydrogens is 176 g/mol. The molecular formula is C7H12N2O4. The van der Waals surface area contributed by atoms with Crippen LogP contribution in [0.2, 0.25) is 0 Å². The Labute approximate surface area is 75.0 Å². The third-order valence-electron chi connectivity index (χ3n) is 1.89. The molecule has 6 heteroatoms. The van der Waals surface area contributed by atoms with E-state index >= 15 is 0 Å². The first-order valence-electron chi connectivity index (χ1n) is 4.01. The summed E-state index contributed by atoms with van der Waals surface area (Å²) < 4.78 is 5.10. The normalized spacial score (nSPS) is 27.1. The van der Waals surface area contributed by atoms with Crippen molar-refractivity contribution < 1.29 is 19.4 Å². The summed E-state index contributed by atoms with van der Waals surface area (Å²) in [5.74, 6) is -0.957. The minimum absolute atomic E-state index is 0.228. The van der Waals surface area contributed by atoms with E-state index in [2.05, 4.69) is 5.32 Å². The first-order valence-corrected chi connectivity index (χ1v) is 4.01. The fraction of sp³-hybridized carbons (Fsp3) is 0.714. The average Bonchev–Trinajstić information content (AvgIpc) is 2.48. The number of carboxylic acids is 1. The number of carbonyl (C=O) groups excluding carboxylic acids is 1. The van der Waals surface area contributed by atoms with Gasteiger partial charge in [0.05, 0.1) is 6.10 Å². The molecule has 6 nitrogen and oxygen atoms in total. The number of nitrogens with one attached hydrogen (secondary N) is 1. The second-order valence-corrected chi connectivity index (χ2v) is 2.91. The Morgan fingerprint density at radius 1 is 1.54 bits per heavy atom. The summed E-state index contributed by atoms with van der Waals surface area (Å²) in [5.41, 5.74) is 4.84. The van der Waals surface area contributed by atoms with Crippen LogP contribution in [0.4, 0.5) is 4.79 Å². The smallest absolute Gasteiger partial charge is 0.332 e. The molecule has 0 aromatic rings. The number of nitrogens with two attached hydrogens (primary N) is 1. The number of urea groups is 1. The van der Waals surface area contributed by atoms with Crippen LogP contribution in [-0.2, 0) is 9.53 Å². The van der Waals surface area contributed by atoms with Crippen LogP contribution in [0.1, 0.15) is 12.8 Å². The minimum atomic E-state index is -0.957. The van der Waals surface area contributed by atoms with E-state index < -0.39 is 18.1 Å². The van der Waals surface area contributed by atoms with Crippen molar-refractivity contribution in [2.45, 2.75) is 25.0 Å². The molecule has 1 fully saturated rings. The van der Waals surface area contributed by atoms with Gasteiger partial charge in [0, 0.05) is 6.54 Å². The van der Waals surface area contributed by atoms with Crippen LogP contribution in [0.25, 0.3) is 0 Å². The van der Waals surface area contributed by atoms with Crippen molar-refractivity contribution in [2.75, 3.05) is 6.54 Å². The number of rotatable bonds is 3.